The minimum atomic E-state index is 0.644. The standard InChI is InChI=1S/C15H15Br2N3/c16-11-7-6-9(8-12(11)17)15-19-13-5-3-1-2-4-10(13)14(18)20-15/h6-8H,1-5H2,(H2,18,19,20). The molecule has 1 aromatic carbocycles. The van der Waals surface area contributed by atoms with Crippen LogP contribution in [0.1, 0.15) is 30.5 Å². The molecule has 0 amide bonds. The van der Waals surface area contributed by atoms with Crippen LogP contribution in [0.15, 0.2) is 27.1 Å². The number of benzene rings is 1. The summed E-state index contributed by atoms with van der Waals surface area (Å²) in [4.78, 5) is 9.25. The van der Waals surface area contributed by atoms with Gasteiger partial charge in [-0.2, -0.15) is 0 Å². The van der Waals surface area contributed by atoms with E-state index in [-0.39, 0.29) is 0 Å². The molecule has 5 heteroatoms. The second-order valence-corrected chi connectivity index (χ2v) is 6.76. The average molecular weight is 397 g/mol. The number of hydrogen-bond donors (Lipinski definition) is 1. The van der Waals surface area contributed by atoms with Crippen LogP contribution in [-0.4, -0.2) is 9.97 Å². The van der Waals surface area contributed by atoms with E-state index >= 15 is 0 Å². The fraction of sp³-hybridized carbons (Fsp3) is 0.333. The molecule has 20 heavy (non-hydrogen) atoms. The monoisotopic (exact) mass is 395 g/mol. The van der Waals surface area contributed by atoms with Gasteiger partial charge in [-0.25, -0.2) is 9.97 Å². The van der Waals surface area contributed by atoms with E-state index in [9.17, 15) is 0 Å². The normalized spacial score (nSPS) is 14.7. The van der Waals surface area contributed by atoms with Gasteiger partial charge in [0.2, 0.25) is 0 Å². The number of aryl methyl sites for hydroxylation is 1. The molecule has 3 rings (SSSR count). The van der Waals surface area contributed by atoms with Crippen molar-refractivity contribution in [2.75, 3.05) is 5.73 Å². The smallest absolute Gasteiger partial charge is 0.161 e. The highest BCUT2D eigenvalue weighted by Crippen LogP contribution is 2.30. The number of aromatic nitrogens is 2. The summed E-state index contributed by atoms with van der Waals surface area (Å²) in [6, 6.07) is 6.01. The van der Waals surface area contributed by atoms with Crippen molar-refractivity contribution in [1.29, 1.82) is 0 Å². The summed E-state index contributed by atoms with van der Waals surface area (Å²) >= 11 is 6.99. The summed E-state index contributed by atoms with van der Waals surface area (Å²) in [6.45, 7) is 0. The van der Waals surface area contributed by atoms with E-state index in [1.54, 1.807) is 0 Å². The molecule has 3 nitrogen and oxygen atoms in total. The molecule has 1 aliphatic carbocycles. The van der Waals surface area contributed by atoms with Crippen molar-refractivity contribution in [1.82, 2.24) is 9.97 Å². The maximum atomic E-state index is 6.14. The van der Waals surface area contributed by atoms with E-state index in [0.717, 1.165) is 44.4 Å². The lowest BCUT2D eigenvalue weighted by Gasteiger charge is -2.11. The van der Waals surface area contributed by atoms with Gasteiger partial charge in [-0.1, -0.05) is 6.42 Å². The summed E-state index contributed by atoms with van der Waals surface area (Å²) in [7, 11) is 0. The topological polar surface area (TPSA) is 51.8 Å². The molecule has 104 valence electrons. The largest absolute Gasteiger partial charge is 0.383 e. The third-order valence-corrected chi connectivity index (χ3v) is 5.52. The number of rotatable bonds is 1. The van der Waals surface area contributed by atoms with E-state index < -0.39 is 0 Å². The number of nitrogens with two attached hydrogens (primary N) is 1. The minimum Gasteiger partial charge on any atom is -0.383 e. The second kappa shape index (κ2) is 5.82. The van der Waals surface area contributed by atoms with Gasteiger partial charge in [0.05, 0.1) is 0 Å². The lowest BCUT2D eigenvalue weighted by atomic mass is 10.1. The maximum absolute atomic E-state index is 6.14. The van der Waals surface area contributed by atoms with Crippen LogP contribution in [0.5, 0.6) is 0 Å². The summed E-state index contributed by atoms with van der Waals surface area (Å²) in [5, 5.41) is 0. The van der Waals surface area contributed by atoms with Crippen molar-refractivity contribution >= 4 is 37.7 Å². The van der Waals surface area contributed by atoms with Gasteiger partial charge in [-0.15, -0.1) is 0 Å². The van der Waals surface area contributed by atoms with Gasteiger partial charge >= 0.3 is 0 Å². The molecule has 0 radical (unpaired) electrons. The summed E-state index contributed by atoms with van der Waals surface area (Å²) in [6.07, 6.45) is 5.63. The van der Waals surface area contributed by atoms with Crippen molar-refractivity contribution in [2.45, 2.75) is 32.1 Å². The van der Waals surface area contributed by atoms with Gasteiger partial charge in [0.25, 0.3) is 0 Å². The third-order valence-electron chi connectivity index (χ3n) is 3.64. The SMILES string of the molecule is Nc1nc(-c2ccc(Br)c(Br)c2)nc2c1CCCCC2. The van der Waals surface area contributed by atoms with Crippen LogP contribution in [0.25, 0.3) is 11.4 Å². The molecular weight excluding hydrogens is 382 g/mol. The molecule has 0 unspecified atom stereocenters. The quantitative estimate of drug-likeness (QED) is 0.721. The van der Waals surface area contributed by atoms with Crippen molar-refractivity contribution in [3.8, 4) is 11.4 Å². The molecule has 1 aliphatic rings. The molecule has 0 saturated carbocycles. The average Bonchev–Trinajstić information content (AvgIpc) is 2.67. The molecule has 2 aromatic rings. The first-order valence-electron chi connectivity index (χ1n) is 6.76. The highest BCUT2D eigenvalue weighted by Gasteiger charge is 2.16. The zero-order chi connectivity index (χ0) is 14.1. The van der Waals surface area contributed by atoms with Crippen LogP contribution >= 0.6 is 31.9 Å². The minimum absolute atomic E-state index is 0.644. The van der Waals surface area contributed by atoms with E-state index in [4.69, 9.17) is 10.7 Å². The third kappa shape index (κ3) is 2.74. The Morgan fingerprint density at radius 3 is 2.55 bits per heavy atom. The van der Waals surface area contributed by atoms with Gasteiger partial charge in [0.1, 0.15) is 5.82 Å². The molecule has 0 atom stereocenters. The molecular formula is C15H15Br2N3. The lowest BCUT2D eigenvalue weighted by molar-refractivity contribution is 0.709. The van der Waals surface area contributed by atoms with Gasteiger partial charge in [0.15, 0.2) is 5.82 Å². The van der Waals surface area contributed by atoms with Crippen molar-refractivity contribution in [3.05, 3.63) is 38.4 Å². The molecule has 0 aliphatic heterocycles. The van der Waals surface area contributed by atoms with Gasteiger partial charge < -0.3 is 5.73 Å². The Morgan fingerprint density at radius 2 is 1.75 bits per heavy atom. The number of nitrogens with zero attached hydrogens (tertiary/aromatic N) is 2. The van der Waals surface area contributed by atoms with Crippen molar-refractivity contribution in [3.63, 3.8) is 0 Å². The fourth-order valence-corrected chi connectivity index (χ4v) is 3.19. The van der Waals surface area contributed by atoms with Crippen LogP contribution < -0.4 is 5.73 Å². The molecule has 0 saturated heterocycles. The Balaban J connectivity index is 2.08. The fourth-order valence-electron chi connectivity index (χ4n) is 2.56. The number of halogens is 2. The zero-order valence-electron chi connectivity index (χ0n) is 11.0. The van der Waals surface area contributed by atoms with Gasteiger partial charge in [-0.3, -0.25) is 0 Å². The Labute approximate surface area is 135 Å². The Kier molecular flexibility index (Phi) is 4.08. The van der Waals surface area contributed by atoms with Crippen molar-refractivity contribution in [2.24, 2.45) is 0 Å². The van der Waals surface area contributed by atoms with Crippen LogP contribution in [0.4, 0.5) is 5.82 Å². The highest BCUT2D eigenvalue weighted by molar-refractivity contribution is 9.13. The number of fused-ring (bicyclic) bond motifs is 1. The first-order valence-corrected chi connectivity index (χ1v) is 8.34. The molecule has 0 fully saturated rings. The Morgan fingerprint density at radius 1 is 0.950 bits per heavy atom. The molecule has 2 N–H and O–H groups in total. The van der Waals surface area contributed by atoms with Crippen LogP contribution in [0, 0.1) is 0 Å². The van der Waals surface area contributed by atoms with Crippen LogP contribution in [-0.2, 0) is 12.8 Å². The zero-order valence-corrected chi connectivity index (χ0v) is 14.2. The Bertz CT molecular complexity index is 656. The molecule has 0 bridgehead atoms. The van der Waals surface area contributed by atoms with E-state index in [1.807, 2.05) is 18.2 Å². The van der Waals surface area contributed by atoms with Crippen molar-refractivity contribution < 1.29 is 0 Å². The number of hydrogen-bond acceptors (Lipinski definition) is 3. The maximum Gasteiger partial charge on any atom is 0.161 e. The van der Waals surface area contributed by atoms with E-state index in [1.165, 1.54) is 19.3 Å². The first-order chi connectivity index (χ1) is 9.65. The van der Waals surface area contributed by atoms with Gasteiger partial charge in [0, 0.05) is 25.8 Å². The predicted molar refractivity (Wildman–Crippen MR) is 88.5 cm³/mol. The highest BCUT2D eigenvalue weighted by atomic mass is 79.9. The predicted octanol–water partition coefficient (Wildman–Crippen LogP) is 4.52. The number of anilines is 1. The second-order valence-electron chi connectivity index (χ2n) is 5.05. The summed E-state index contributed by atoms with van der Waals surface area (Å²) in [5.74, 6) is 1.36. The van der Waals surface area contributed by atoms with E-state index in [2.05, 4.69) is 36.8 Å². The summed E-state index contributed by atoms with van der Waals surface area (Å²) in [5.41, 5.74) is 9.41. The first kappa shape index (κ1) is 14.0. The van der Waals surface area contributed by atoms with Gasteiger partial charge in [-0.05, 0) is 75.7 Å². The Hall–Kier alpha value is -0.940. The van der Waals surface area contributed by atoms with E-state index in [0.29, 0.717) is 5.82 Å². The number of nitrogen functional groups attached to an aromatic ring is 1. The molecule has 1 heterocycles. The molecule has 0 spiro atoms. The lowest BCUT2D eigenvalue weighted by Crippen LogP contribution is -2.06. The summed E-state index contributed by atoms with van der Waals surface area (Å²) < 4.78 is 2.01. The van der Waals surface area contributed by atoms with Crippen LogP contribution in [0.3, 0.4) is 0 Å². The van der Waals surface area contributed by atoms with Crippen LogP contribution in [0.2, 0.25) is 0 Å². The molecule has 1 aromatic heterocycles.